The van der Waals surface area contributed by atoms with Gasteiger partial charge in [0.05, 0.1) is 41.7 Å². The van der Waals surface area contributed by atoms with Crippen LogP contribution >= 0.6 is 0 Å². The number of pyridine rings is 1. The standard InChI is InChI=1S/C17H27N3O4SSi/c1-17(11-24-12-17)20(14-23-7-8-26(2,3)4)25(21,22)16-6-5-15-9-18-13-19(15)10-16/h5-6,9-10,13H,7-8,11-12,14H2,1-4H3. The van der Waals surface area contributed by atoms with Gasteiger partial charge in [-0.3, -0.25) is 0 Å². The Kier molecular flexibility index (Phi) is 5.28. The van der Waals surface area contributed by atoms with Crippen LogP contribution in [0.5, 0.6) is 0 Å². The monoisotopic (exact) mass is 397 g/mol. The summed E-state index contributed by atoms with van der Waals surface area (Å²) < 4.78 is 40.8. The second kappa shape index (κ2) is 7.04. The van der Waals surface area contributed by atoms with E-state index in [9.17, 15) is 8.42 Å². The molecular formula is C17H27N3O4SSi. The second-order valence-electron chi connectivity index (χ2n) is 8.28. The lowest BCUT2D eigenvalue weighted by molar-refractivity contribution is -0.124. The van der Waals surface area contributed by atoms with Gasteiger partial charge < -0.3 is 13.9 Å². The molecule has 1 fully saturated rings. The van der Waals surface area contributed by atoms with Crippen molar-refractivity contribution < 1.29 is 17.9 Å². The van der Waals surface area contributed by atoms with Crippen molar-refractivity contribution in [3.8, 4) is 0 Å². The van der Waals surface area contributed by atoms with Crippen molar-refractivity contribution in [3.05, 3.63) is 30.9 Å². The highest BCUT2D eigenvalue weighted by Crippen LogP contribution is 2.31. The number of hydrogen-bond acceptors (Lipinski definition) is 5. The van der Waals surface area contributed by atoms with Gasteiger partial charge >= 0.3 is 0 Å². The van der Waals surface area contributed by atoms with Crippen molar-refractivity contribution in [1.29, 1.82) is 0 Å². The summed E-state index contributed by atoms with van der Waals surface area (Å²) in [6.45, 7) is 10.1. The third-order valence-electron chi connectivity index (χ3n) is 4.60. The molecule has 0 unspecified atom stereocenters. The molecule has 3 heterocycles. The molecule has 0 amide bonds. The predicted molar refractivity (Wildman–Crippen MR) is 102 cm³/mol. The van der Waals surface area contributed by atoms with Gasteiger partial charge in [0.1, 0.15) is 6.73 Å². The smallest absolute Gasteiger partial charge is 0.247 e. The van der Waals surface area contributed by atoms with Crippen LogP contribution < -0.4 is 0 Å². The number of rotatable bonds is 8. The van der Waals surface area contributed by atoms with E-state index in [0.717, 1.165) is 11.6 Å². The van der Waals surface area contributed by atoms with Gasteiger partial charge in [0.15, 0.2) is 0 Å². The summed E-state index contributed by atoms with van der Waals surface area (Å²) in [7, 11) is -4.94. The average molecular weight is 398 g/mol. The fraction of sp³-hybridized carbons (Fsp3) is 0.588. The Morgan fingerprint density at radius 1 is 1.35 bits per heavy atom. The topological polar surface area (TPSA) is 73.1 Å². The SMILES string of the molecule is CC1(N(COCC[Si](C)(C)C)S(=O)(=O)c2ccc3cncn3c2)COC1. The van der Waals surface area contributed by atoms with Crippen molar-refractivity contribution in [2.24, 2.45) is 0 Å². The van der Waals surface area contributed by atoms with E-state index in [2.05, 4.69) is 24.6 Å². The normalized spacial score (nSPS) is 17.6. The lowest BCUT2D eigenvalue weighted by atomic mass is 10.0. The molecule has 0 spiro atoms. The van der Waals surface area contributed by atoms with Gasteiger partial charge in [-0.05, 0) is 25.1 Å². The number of nitrogens with zero attached hydrogens (tertiary/aromatic N) is 3. The first kappa shape index (κ1) is 19.5. The van der Waals surface area contributed by atoms with Crippen molar-refractivity contribution in [1.82, 2.24) is 13.7 Å². The Morgan fingerprint density at radius 3 is 2.69 bits per heavy atom. The maximum atomic E-state index is 13.3. The zero-order valence-corrected chi connectivity index (χ0v) is 17.6. The highest BCUT2D eigenvalue weighted by molar-refractivity contribution is 7.89. The van der Waals surface area contributed by atoms with Gasteiger partial charge in [-0.2, -0.15) is 4.31 Å². The number of sulfonamides is 1. The van der Waals surface area contributed by atoms with Crippen LogP contribution in [-0.4, -0.2) is 62.3 Å². The Balaban J connectivity index is 1.82. The Bertz CT molecular complexity index is 872. The van der Waals surface area contributed by atoms with E-state index in [4.69, 9.17) is 9.47 Å². The summed E-state index contributed by atoms with van der Waals surface area (Å²) in [4.78, 5) is 4.27. The fourth-order valence-corrected chi connectivity index (χ4v) is 5.16. The third kappa shape index (κ3) is 4.01. The van der Waals surface area contributed by atoms with Gasteiger partial charge in [0, 0.05) is 20.9 Å². The van der Waals surface area contributed by atoms with E-state index in [1.807, 2.05) is 6.92 Å². The highest BCUT2D eigenvalue weighted by Gasteiger charge is 2.46. The van der Waals surface area contributed by atoms with E-state index in [1.165, 1.54) is 4.31 Å². The van der Waals surface area contributed by atoms with Crippen LogP contribution in [0.4, 0.5) is 0 Å². The van der Waals surface area contributed by atoms with E-state index in [1.54, 1.807) is 35.3 Å². The molecule has 1 aliphatic rings. The van der Waals surface area contributed by atoms with Crippen LogP contribution in [0.1, 0.15) is 6.92 Å². The molecule has 0 N–H and O–H groups in total. The summed E-state index contributed by atoms with van der Waals surface area (Å²) in [6.07, 6.45) is 4.88. The zero-order chi connectivity index (χ0) is 19.0. The Labute approximate surface area is 156 Å². The van der Waals surface area contributed by atoms with E-state index < -0.39 is 23.6 Å². The first-order valence-electron chi connectivity index (χ1n) is 8.72. The molecule has 7 nitrogen and oxygen atoms in total. The lowest BCUT2D eigenvalue weighted by Gasteiger charge is -2.45. The first-order chi connectivity index (χ1) is 12.1. The molecule has 144 valence electrons. The van der Waals surface area contributed by atoms with E-state index in [-0.39, 0.29) is 11.6 Å². The van der Waals surface area contributed by atoms with Gasteiger partial charge in [-0.15, -0.1) is 0 Å². The molecule has 26 heavy (non-hydrogen) atoms. The molecule has 1 aliphatic heterocycles. The molecule has 1 saturated heterocycles. The number of hydrogen-bond donors (Lipinski definition) is 0. The average Bonchev–Trinajstić information content (AvgIpc) is 2.99. The van der Waals surface area contributed by atoms with Crippen molar-refractivity contribution in [2.75, 3.05) is 26.6 Å². The van der Waals surface area contributed by atoms with Crippen LogP contribution in [0.2, 0.25) is 25.7 Å². The molecule has 3 rings (SSSR count). The molecule has 2 aromatic heterocycles. The van der Waals surface area contributed by atoms with Crippen LogP contribution in [0, 0.1) is 0 Å². The largest absolute Gasteiger partial charge is 0.377 e. The lowest BCUT2D eigenvalue weighted by Crippen LogP contribution is -2.62. The number of fused-ring (bicyclic) bond motifs is 1. The molecule has 0 saturated carbocycles. The molecule has 2 aromatic rings. The maximum Gasteiger partial charge on any atom is 0.247 e. The van der Waals surface area contributed by atoms with E-state index >= 15 is 0 Å². The Hall–Kier alpha value is -1.26. The van der Waals surface area contributed by atoms with Crippen molar-refractivity contribution in [3.63, 3.8) is 0 Å². The minimum Gasteiger partial charge on any atom is -0.377 e. The summed E-state index contributed by atoms with van der Waals surface area (Å²) in [5.41, 5.74) is 0.266. The Morgan fingerprint density at radius 2 is 2.08 bits per heavy atom. The fourth-order valence-electron chi connectivity index (χ4n) is 2.76. The first-order valence-corrected chi connectivity index (χ1v) is 13.9. The van der Waals surface area contributed by atoms with Crippen LogP contribution in [0.3, 0.4) is 0 Å². The van der Waals surface area contributed by atoms with Crippen LogP contribution in [0.15, 0.2) is 35.7 Å². The summed E-state index contributed by atoms with van der Waals surface area (Å²) in [5.74, 6) is 0. The maximum absolute atomic E-state index is 13.3. The quantitative estimate of drug-likeness (QED) is 0.389. The van der Waals surface area contributed by atoms with Gasteiger partial charge in [0.2, 0.25) is 10.0 Å². The highest BCUT2D eigenvalue weighted by atomic mass is 32.2. The molecule has 0 atom stereocenters. The number of imidazole rings is 1. The molecule has 0 bridgehead atoms. The number of aromatic nitrogens is 2. The third-order valence-corrected chi connectivity index (χ3v) is 8.27. The molecule has 0 aliphatic carbocycles. The minimum absolute atomic E-state index is 0.0363. The summed E-state index contributed by atoms with van der Waals surface area (Å²) >= 11 is 0. The van der Waals surface area contributed by atoms with Crippen molar-refractivity contribution in [2.45, 2.75) is 43.0 Å². The molecule has 0 aromatic carbocycles. The summed E-state index contributed by atoms with van der Waals surface area (Å²) in [5, 5.41) is 0. The molecular weight excluding hydrogens is 370 g/mol. The van der Waals surface area contributed by atoms with Gasteiger partial charge in [-0.1, -0.05) is 19.6 Å². The zero-order valence-electron chi connectivity index (χ0n) is 15.8. The van der Waals surface area contributed by atoms with E-state index in [0.29, 0.717) is 19.8 Å². The van der Waals surface area contributed by atoms with Gasteiger partial charge in [0.25, 0.3) is 0 Å². The molecule has 9 heteroatoms. The molecule has 0 radical (unpaired) electrons. The summed E-state index contributed by atoms with van der Waals surface area (Å²) in [6, 6.07) is 4.36. The van der Waals surface area contributed by atoms with Crippen LogP contribution in [0.25, 0.3) is 5.52 Å². The number of ether oxygens (including phenoxy) is 2. The van der Waals surface area contributed by atoms with Crippen molar-refractivity contribution >= 4 is 23.6 Å². The predicted octanol–water partition coefficient (Wildman–Crippen LogP) is 2.43. The van der Waals surface area contributed by atoms with Gasteiger partial charge in [-0.25, -0.2) is 13.4 Å². The minimum atomic E-state index is -3.71. The second-order valence-corrected chi connectivity index (χ2v) is 15.8. The van der Waals surface area contributed by atoms with Crippen LogP contribution in [-0.2, 0) is 19.5 Å².